The Hall–Kier alpha value is -3.08. The third-order valence-corrected chi connectivity index (χ3v) is 5.11. The van der Waals surface area contributed by atoms with Crippen molar-refractivity contribution in [1.29, 1.82) is 0 Å². The number of ether oxygens (including phenoxy) is 1. The zero-order valence-corrected chi connectivity index (χ0v) is 18.2. The van der Waals surface area contributed by atoms with E-state index in [2.05, 4.69) is 33.2 Å². The molecule has 0 saturated carbocycles. The van der Waals surface area contributed by atoms with Gasteiger partial charge in [-0.2, -0.15) is 13.2 Å². The molecule has 0 saturated heterocycles. The molecule has 2 N–H and O–H groups in total. The van der Waals surface area contributed by atoms with Gasteiger partial charge in [-0.25, -0.2) is 0 Å². The van der Waals surface area contributed by atoms with Crippen molar-refractivity contribution in [3.63, 3.8) is 0 Å². The van der Waals surface area contributed by atoms with Crippen molar-refractivity contribution < 1.29 is 27.5 Å². The van der Waals surface area contributed by atoms with E-state index in [1.54, 1.807) is 25.3 Å². The first-order valence-electron chi connectivity index (χ1n) is 8.91. The molecule has 0 aromatic heterocycles. The van der Waals surface area contributed by atoms with Gasteiger partial charge in [0, 0.05) is 22.5 Å². The molecule has 160 valence electrons. The number of benzene rings is 3. The lowest BCUT2D eigenvalue weighted by Gasteiger charge is -2.11. The highest BCUT2D eigenvalue weighted by Gasteiger charge is 2.30. The number of anilines is 2. The second-order valence-corrected chi connectivity index (χ2v) is 7.58. The number of hydrogen-bond acceptors (Lipinski definition) is 3. The van der Waals surface area contributed by atoms with Crippen LogP contribution in [0.15, 0.2) is 66.7 Å². The number of amides is 2. The monoisotopic (exact) mass is 540 g/mol. The van der Waals surface area contributed by atoms with Crippen molar-refractivity contribution >= 4 is 45.8 Å². The smallest absolute Gasteiger partial charge is 0.416 e. The van der Waals surface area contributed by atoms with E-state index in [0.29, 0.717) is 17.0 Å². The Balaban J connectivity index is 1.66. The van der Waals surface area contributed by atoms with E-state index in [9.17, 15) is 22.8 Å². The van der Waals surface area contributed by atoms with E-state index < -0.39 is 17.6 Å². The molecule has 0 radical (unpaired) electrons. The minimum atomic E-state index is -4.50. The van der Waals surface area contributed by atoms with Crippen LogP contribution in [0.4, 0.5) is 24.5 Å². The largest absolute Gasteiger partial charge is 0.496 e. The molecule has 3 aromatic carbocycles. The highest BCUT2D eigenvalue weighted by Crippen LogP contribution is 2.30. The third-order valence-electron chi connectivity index (χ3n) is 4.27. The lowest BCUT2D eigenvalue weighted by molar-refractivity contribution is -0.137. The molecule has 0 fully saturated rings. The van der Waals surface area contributed by atoms with Gasteiger partial charge in [-0.1, -0.05) is 6.07 Å². The molecule has 0 aliphatic carbocycles. The summed E-state index contributed by atoms with van der Waals surface area (Å²) in [6, 6.07) is 15.4. The van der Waals surface area contributed by atoms with Gasteiger partial charge in [0.05, 0.1) is 16.2 Å². The molecule has 0 aliphatic heterocycles. The first kappa shape index (κ1) is 22.6. The predicted octanol–water partition coefficient (Wildman–Crippen LogP) is 5.82. The predicted molar refractivity (Wildman–Crippen MR) is 120 cm³/mol. The Morgan fingerprint density at radius 2 is 1.45 bits per heavy atom. The number of methoxy groups -OCH3 is 1. The van der Waals surface area contributed by atoms with Crippen molar-refractivity contribution in [3.05, 3.63) is 87.0 Å². The number of alkyl halides is 3. The van der Waals surface area contributed by atoms with Gasteiger partial charge in [-0.05, 0) is 83.3 Å². The van der Waals surface area contributed by atoms with E-state index in [1.807, 2.05) is 0 Å². The molecule has 3 rings (SSSR count). The van der Waals surface area contributed by atoms with Crippen LogP contribution in [0.5, 0.6) is 5.75 Å². The summed E-state index contributed by atoms with van der Waals surface area (Å²) in [5.41, 5.74) is 0.320. The molecule has 0 atom stereocenters. The van der Waals surface area contributed by atoms with Crippen molar-refractivity contribution in [2.24, 2.45) is 0 Å². The fourth-order valence-electron chi connectivity index (χ4n) is 2.69. The molecule has 0 unspecified atom stereocenters. The SMILES string of the molecule is COc1ccc(C(=O)Nc2ccc(C(=O)Nc3cccc(C(F)(F)F)c3)cc2)cc1I. The second kappa shape index (κ2) is 9.38. The number of carbonyl (C=O) groups is 2. The molecule has 5 nitrogen and oxygen atoms in total. The van der Waals surface area contributed by atoms with Gasteiger partial charge in [0.2, 0.25) is 0 Å². The van der Waals surface area contributed by atoms with Crippen LogP contribution in [-0.2, 0) is 6.18 Å². The molecule has 31 heavy (non-hydrogen) atoms. The minimum absolute atomic E-state index is 0.0336. The summed E-state index contributed by atoms with van der Waals surface area (Å²) in [5.74, 6) is -0.239. The number of carbonyl (C=O) groups excluding carboxylic acids is 2. The lowest BCUT2D eigenvalue weighted by Crippen LogP contribution is -2.14. The number of nitrogens with one attached hydrogen (secondary N) is 2. The Morgan fingerprint density at radius 3 is 2.06 bits per heavy atom. The van der Waals surface area contributed by atoms with Crippen LogP contribution >= 0.6 is 22.6 Å². The van der Waals surface area contributed by atoms with E-state index >= 15 is 0 Å². The van der Waals surface area contributed by atoms with Gasteiger partial charge in [-0.3, -0.25) is 9.59 Å². The van der Waals surface area contributed by atoms with Gasteiger partial charge >= 0.3 is 6.18 Å². The van der Waals surface area contributed by atoms with Crippen LogP contribution in [0.3, 0.4) is 0 Å². The van der Waals surface area contributed by atoms with Gasteiger partial charge in [0.15, 0.2) is 0 Å². The molecule has 9 heteroatoms. The number of rotatable bonds is 5. The molecular weight excluding hydrogens is 524 g/mol. The molecular formula is C22H16F3IN2O3. The summed E-state index contributed by atoms with van der Waals surface area (Å²) in [5, 5.41) is 5.16. The van der Waals surface area contributed by atoms with Crippen molar-refractivity contribution in [2.45, 2.75) is 6.18 Å². The Bertz CT molecular complexity index is 1120. The van der Waals surface area contributed by atoms with Crippen LogP contribution in [0.2, 0.25) is 0 Å². The minimum Gasteiger partial charge on any atom is -0.496 e. The van der Waals surface area contributed by atoms with Crippen LogP contribution < -0.4 is 15.4 Å². The summed E-state index contributed by atoms with van der Waals surface area (Å²) in [6.45, 7) is 0. The fraction of sp³-hybridized carbons (Fsp3) is 0.0909. The van der Waals surface area contributed by atoms with Gasteiger partial charge < -0.3 is 15.4 Å². The van der Waals surface area contributed by atoms with Crippen molar-refractivity contribution in [3.8, 4) is 5.75 Å². The fourth-order valence-corrected chi connectivity index (χ4v) is 3.43. The topological polar surface area (TPSA) is 67.4 Å². The molecule has 2 amide bonds. The second-order valence-electron chi connectivity index (χ2n) is 6.41. The van der Waals surface area contributed by atoms with E-state index in [-0.39, 0.29) is 17.2 Å². The Labute approximate surface area is 189 Å². The first-order valence-corrected chi connectivity index (χ1v) is 9.99. The van der Waals surface area contributed by atoms with E-state index in [1.165, 1.54) is 36.4 Å². The van der Waals surface area contributed by atoms with Crippen LogP contribution in [-0.4, -0.2) is 18.9 Å². The maximum atomic E-state index is 12.8. The summed E-state index contributed by atoms with van der Waals surface area (Å²) in [7, 11) is 1.54. The van der Waals surface area contributed by atoms with E-state index in [4.69, 9.17) is 4.74 Å². The lowest BCUT2D eigenvalue weighted by atomic mass is 10.1. The molecule has 0 spiro atoms. The molecule has 0 bridgehead atoms. The Morgan fingerprint density at radius 1 is 0.839 bits per heavy atom. The van der Waals surface area contributed by atoms with Gasteiger partial charge in [0.25, 0.3) is 11.8 Å². The normalized spacial score (nSPS) is 11.0. The zero-order valence-electron chi connectivity index (χ0n) is 16.1. The number of hydrogen-bond donors (Lipinski definition) is 2. The average Bonchev–Trinajstić information content (AvgIpc) is 2.73. The molecule has 0 heterocycles. The van der Waals surface area contributed by atoms with Crippen molar-refractivity contribution in [2.75, 3.05) is 17.7 Å². The first-order chi connectivity index (χ1) is 14.7. The average molecular weight is 540 g/mol. The van der Waals surface area contributed by atoms with E-state index in [0.717, 1.165) is 15.7 Å². The zero-order chi connectivity index (χ0) is 22.6. The van der Waals surface area contributed by atoms with Crippen LogP contribution in [0.1, 0.15) is 26.3 Å². The van der Waals surface area contributed by atoms with Crippen LogP contribution in [0.25, 0.3) is 0 Å². The Kier molecular flexibility index (Phi) is 6.84. The summed E-state index contributed by atoms with van der Waals surface area (Å²) in [4.78, 5) is 24.7. The third kappa shape index (κ3) is 5.75. The van der Waals surface area contributed by atoms with Crippen LogP contribution in [0, 0.1) is 3.57 Å². The number of halogens is 4. The highest BCUT2D eigenvalue weighted by atomic mass is 127. The van der Waals surface area contributed by atoms with Gasteiger partial charge in [0.1, 0.15) is 5.75 Å². The summed E-state index contributed by atoms with van der Waals surface area (Å²) < 4.78 is 44.4. The quantitative estimate of drug-likeness (QED) is 0.401. The standard InChI is InChI=1S/C22H16F3IN2O3/c1-31-19-10-7-14(11-18(19)26)21(30)27-16-8-5-13(6-9-16)20(29)28-17-4-2-3-15(12-17)22(23,24)25/h2-12H,1H3,(H,27,30)(H,28,29). The highest BCUT2D eigenvalue weighted by molar-refractivity contribution is 14.1. The van der Waals surface area contributed by atoms with Gasteiger partial charge in [-0.15, -0.1) is 0 Å². The van der Waals surface area contributed by atoms with Crippen molar-refractivity contribution in [1.82, 2.24) is 0 Å². The maximum absolute atomic E-state index is 12.8. The molecule has 0 aliphatic rings. The summed E-state index contributed by atoms with van der Waals surface area (Å²) in [6.07, 6.45) is -4.50. The summed E-state index contributed by atoms with van der Waals surface area (Å²) >= 11 is 2.07. The maximum Gasteiger partial charge on any atom is 0.416 e. The molecule has 3 aromatic rings.